The van der Waals surface area contributed by atoms with Crippen LogP contribution in [0.5, 0.6) is 5.75 Å². The molecule has 0 radical (unpaired) electrons. The minimum absolute atomic E-state index is 0.0190. The number of nitro benzene ring substituents is 1. The van der Waals surface area contributed by atoms with Crippen LogP contribution in [0, 0.1) is 21.7 Å². The standard InChI is InChI=1S/C18H17F2N3O8S/c1-30-16-8-11(23(26)27)2-5-15(16)22-17(24)10-31-18(25)6-7-21-32(28,29)12-3-4-13(19)14(20)9-12/h2-5,8-9,21H,6-7,10H2,1H3,(H,22,24). The Morgan fingerprint density at radius 2 is 1.84 bits per heavy atom. The number of methoxy groups -OCH3 is 1. The van der Waals surface area contributed by atoms with Crippen molar-refractivity contribution in [3.63, 3.8) is 0 Å². The Kier molecular flexibility index (Phi) is 8.15. The van der Waals surface area contributed by atoms with Crippen LogP contribution >= 0.6 is 0 Å². The molecule has 0 atom stereocenters. The van der Waals surface area contributed by atoms with E-state index in [0.29, 0.717) is 12.1 Å². The molecule has 2 aromatic carbocycles. The first-order valence-electron chi connectivity index (χ1n) is 8.76. The van der Waals surface area contributed by atoms with E-state index in [2.05, 4.69) is 5.32 Å². The van der Waals surface area contributed by atoms with E-state index in [-0.39, 0.29) is 17.1 Å². The van der Waals surface area contributed by atoms with Crippen molar-refractivity contribution in [3.8, 4) is 5.75 Å². The lowest BCUT2D eigenvalue weighted by Crippen LogP contribution is -2.28. The van der Waals surface area contributed by atoms with Gasteiger partial charge < -0.3 is 14.8 Å². The molecular weight excluding hydrogens is 456 g/mol. The molecule has 32 heavy (non-hydrogen) atoms. The molecule has 2 aromatic rings. The number of carbonyl (C=O) groups excluding carboxylic acids is 2. The minimum atomic E-state index is -4.19. The predicted molar refractivity (Wildman–Crippen MR) is 105 cm³/mol. The van der Waals surface area contributed by atoms with Gasteiger partial charge in [-0.15, -0.1) is 0 Å². The minimum Gasteiger partial charge on any atom is -0.494 e. The van der Waals surface area contributed by atoms with Crippen molar-refractivity contribution >= 4 is 33.3 Å². The maximum absolute atomic E-state index is 13.2. The van der Waals surface area contributed by atoms with Gasteiger partial charge in [-0.05, 0) is 24.3 Å². The first-order chi connectivity index (χ1) is 15.0. The first-order valence-corrected chi connectivity index (χ1v) is 10.2. The number of halogens is 2. The summed E-state index contributed by atoms with van der Waals surface area (Å²) in [4.78, 5) is 33.2. The second-order valence-corrected chi connectivity index (χ2v) is 7.84. The largest absolute Gasteiger partial charge is 0.494 e. The highest BCUT2D eigenvalue weighted by atomic mass is 32.2. The lowest BCUT2D eigenvalue weighted by atomic mass is 10.2. The number of benzene rings is 2. The third kappa shape index (κ3) is 6.68. The fourth-order valence-electron chi connectivity index (χ4n) is 2.32. The highest BCUT2D eigenvalue weighted by Crippen LogP contribution is 2.28. The molecule has 2 rings (SSSR count). The van der Waals surface area contributed by atoms with E-state index in [1.165, 1.54) is 13.2 Å². The maximum atomic E-state index is 13.2. The third-order valence-electron chi connectivity index (χ3n) is 3.86. The Morgan fingerprint density at radius 1 is 1.12 bits per heavy atom. The topological polar surface area (TPSA) is 154 Å². The number of nitrogens with zero attached hydrogens (tertiary/aromatic N) is 1. The molecule has 14 heteroatoms. The summed E-state index contributed by atoms with van der Waals surface area (Å²) in [6.07, 6.45) is -0.447. The van der Waals surface area contributed by atoms with E-state index in [0.717, 1.165) is 18.2 Å². The zero-order valence-corrected chi connectivity index (χ0v) is 17.3. The van der Waals surface area contributed by atoms with Crippen molar-refractivity contribution in [1.29, 1.82) is 0 Å². The van der Waals surface area contributed by atoms with Gasteiger partial charge in [0.15, 0.2) is 18.2 Å². The van der Waals surface area contributed by atoms with Gasteiger partial charge in [-0.2, -0.15) is 0 Å². The molecule has 0 spiro atoms. The van der Waals surface area contributed by atoms with E-state index in [9.17, 15) is 36.9 Å². The van der Waals surface area contributed by atoms with Gasteiger partial charge in [0, 0.05) is 12.6 Å². The number of ether oxygens (including phenoxy) is 2. The number of sulfonamides is 1. The molecule has 11 nitrogen and oxygen atoms in total. The summed E-state index contributed by atoms with van der Waals surface area (Å²) in [6, 6.07) is 5.48. The van der Waals surface area contributed by atoms with E-state index >= 15 is 0 Å². The monoisotopic (exact) mass is 473 g/mol. The predicted octanol–water partition coefficient (Wildman–Crippen LogP) is 1.73. The van der Waals surface area contributed by atoms with Crippen LogP contribution in [0.25, 0.3) is 0 Å². The average Bonchev–Trinajstić information content (AvgIpc) is 2.74. The van der Waals surface area contributed by atoms with Crippen LogP contribution < -0.4 is 14.8 Å². The normalized spacial score (nSPS) is 11.0. The molecule has 0 fully saturated rings. The maximum Gasteiger partial charge on any atom is 0.307 e. The summed E-state index contributed by atoms with van der Waals surface area (Å²) in [5.41, 5.74) is -0.143. The van der Waals surface area contributed by atoms with Gasteiger partial charge in [0.2, 0.25) is 10.0 Å². The summed E-state index contributed by atoms with van der Waals surface area (Å²) in [6.45, 7) is -1.13. The van der Waals surface area contributed by atoms with Crippen LogP contribution in [-0.4, -0.2) is 45.5 Å². The van der Waals surface area contributed by atoms with Crippen molar-refractivity contribution in [2.75, 3.05) is 25.6 Å². The van der Waals surface area contributed by atoms with Crippen LogP contribution in [0.1, 0.15) is 6.42 Å². The van der Waals surface area contributed by atoms with Gasteiger partial charge in [-0.1, -0.05) is 0 Å². The van der Waals surface area contributed by atoms with Crippen molar-refractivity contribution in [2.45, 2.75) is 11.3 Å². The Morgan fingerprint density at radius 3 is 2.47 bits per heavy atom. The number of hydrogen-bond acceptors (Lipinski definition) is 8. The van der Waals surface area contributed by atoms with Crippen LogP contribution in [0.3, 0.4) is 0 Å². The highest BCUT2D eigenvalue weighted by Gasteiger charge is 2.18. The van der Waals surface area contributed by atoms with Crippen molar-refractivity contribution in [2.24, 2.45) is 0 Å². The second kappa shape index (κ2) is 10.6. The second-order valence-electron chi connectivity index (χ2n) is 6.07. The Labute approximate surface area is 180 Å². The Hall–Kier alpha value is -3.65. The zero-order chi connectivity index (χ0) is 23.9. The van der Waals surface area contributed by atoms with Gasteiger partial charge in [0.25, 0.3) is 11.6 Å². The highest BCUT2D eigenvalue weighted by molar-refractivity contribution is 7.89. The number of anilines is 1. The van der Waals surface area contributed by atoms with Crippen LogP contribution in [0.2, 0.25) is 0 Å². The molecule has 0 saturated carbocycles. The van der Waals surface area contributed by atoms with E-state index < -0.39 is 62.9 Å². The molecule has 172 valence electrons. The van der Waals surface area contributed by atoms with Crippen LogP contribution in [0.4, 0.5) is 20.2 Å². The molecule has 1 amide bonds. The number of rotatable bonds is 10. The van der Waals surface area contributed by atoms with Gasteiger partial charge in [0.1, 0.15) is 5.75 Å². The Bertz CT molecular complexity index is 1140. The molecule has 2 N–H and O–H groups in total. The number of nitrogens with one attached hydrogen (secondary N) is 2. The fraction of sp³-hybridized carbons (Fsp3) is 0.222. The lowest BCUT2D eigenvalue weighted by Gasteiger charge is -2.10. The molecule has 0 saturated heterocycles. The Balaban J connectivity index is 1.82. The summed E-state index contributed by atoms with van der Waals surface area (Å²) in [7, 11) is -2.94. The number of hydrogen-bond donors (Lipinski definition) is 2. The van der Waals surface area contributed by atoms with Crippen LogP contribution in [-0.2, 0) is 24.3 Å². The van der Waals surface area contributed by atoms with E-state index in [1.54, 1.807) is 0 Å². The van der Waals surface area contributed by atoms with Gasteiger partial charge in [-0.3, -0.25) is 19.7 Å². The summed E-state index contributed by atoms with van der Waals surface area (Å²) in [5.74, 6) is -4.22. The quantitative estimate of drug-likeness (QED) is 0.300. The smallest absolute Gasteiger partial charge is 0.307 e. The number of nitro groups is 1. The van der Waals surface area contributed by atoms with Crippen molar-refractivity contribution in [3.05, 3.63) is 58.1 Å². The molecule has 0 aromatic heterocycles. The zero-order valence-electron chi connectivity index (χ0n) is 16.5. The van der Waals surface area contributed by atoms with Crippen molar-refractivity contribution < 1.29 is 41.2 Å². The third-order valence-corrected chi connectivity index (χ3v) is 5.32. The number of amides is 1. The summed E-state index contributed by atoms with van der Waals surface area (Å²) < 4.78 is 61.8. The lowest BCUT2D eigenvalue weighted by molar-refractivity contribution is -0.384. The molecule has 0 heterocycles. The number of non-ortho nitro benzene ring substituents is 1. The molecule has 0 aliphatic heterocycles. The summed E-state index contributed by atoms with van der Waals surface area (Å²) in [5, 5.41) is 13.1. The summed E-state index contributed by atoms with van der Waals surface area (Å²) >= 11 is 0. The average molecular weight is 473 g/mol. The van der Waals surface area contributed by atoms with Gasteiger partial charge in [0.05, 0.1) is 35.1 Å². The fourth-order valence-corrected chi connectivity index (χ4v) is 3.36. The van der Waals surface area contributed by atoms with Gasteiger partial charge in [-0.25, -0.2) is 21.9 Å². The first kappa shape index (κ1) is 24.6. The van der Waals surface area contributed by atoms with Gasteiger partial charge >= 0.3 is 5.97 Å². The van der Waals surface area contributed by atoms with E-state index in [1.807, 2.05) is 4.72 Å². The molecule has 0 aliphatic rings. The van der Waals surface area contributed by atoms with Crippen LogP contribution in [0.15, 0.2) is 41.3 Å². The van der Waals surface area contributed by atoms with Crippen molar-refractivity contribution in [1.82, 2.24) is 4.72 Å². The number of carbonyl (C=O) groups is 2. The number of esters is 1. The SMILES string of the molecule is COc1cc([N+](=O)[O-])ccc1NC(=O)COC(=O)CCNS(=O)(=O)c1ccc(F)c(F)c1. The molecule has 0 bridgehead atoms. The molecule has 0 aliphatic carbocycles. The van der Waals surface area contributed by atoms with E-state index in [4.69, 9.17) is 9.47 Å². The molecule has 0 unspecified atom stereocenters. The molecular formula is C18H17F2N3O8S.